The topological polar surface area (TPSA) is 31.6 Å². The van der Waals surface area contributed by atoms with Crippen LogP contribution >= 0.6 is 15.9 Å². The first kappa shape index (κ1) is 15.0. The number of alkyl halides is 1. The van der Waals surface area contributed by atoms with Gasteiger partial charge in [-0.2, -0.15) is 0 Å². The van der Waals surface area contributed by atoms with Gasteiger partial charge in [-0.25, -0.2) is 0 Å². The molecule has 2 aromatic carbocycles. The number of benzene rings is 2. The largest absolute Gasteiger partial charge is 0.496 e. The molecule has 1 heterocycles. The SMILES string of the molecule is COc1cc(OCc2ccccc2)c2cc(CCBr)oc2c1. The van der Waals surface area contributed by atoms with E-state index in [1.807, 2.05) is 48.5 Å². The molecule has 0 saturated heterocycles. The minimum atomic E-state index is 0.516. The lowest BCUT2D eigenvalue weighted by molar-refractivity contribution is 0.307. The Labute approximate surface area is 138 Å². The Bertz CT molecular complexity index is 750. The fourth-order valence-corrected chi connectivity index (χ4v) is 2.72. The Morgan fingerprint density at radius 1 is 1.09 bits per heavy atom. The maximum absolute atomic E-state index is 5.99. The van der Waals surface area contributed by atoms with E-state index in [1.165, 1.54) is 0 Å². The van der Waals surface area contributed by atoms with Gasteiger partial charge in [0, 0.05) is 23.9 Å². The predicted octanol–water partition coefficient (Wildman–Crippen LogP) is 4.96. The Hall–Kier alpha value is -1.94. The van der Waals surface area contributed by atoms with Gasteiger partial charge in [-0.15, -0.1) is 0 Å². The monoisotopic (exact) mass is 360 g/mol. The average Bonchev–Trinajstić information content (AvgIpc) is 2.96. The van der Waals surface area contributed by atoms with Crippen LogP contribution in [0.2, 0.25) is 0 Å². The van der Waals surface area contributed by atoms with Gasteiger partial charge in [-0.1, -0.05) is 46.3 Å². The van der Waals surface area contributed by atoms with E-state index < -0.39 is 0 Å². The molecule has 114 valence electrons. The minimum Gasteiger partial charge on any atom is -0.496 e. The highest BCUT2D eigenvalue weighted by molar-refractivity contribution is 9.09. The molecule has 3 aromatic rings. The summed E-state index contributed by atoms with van der Waals surface area (Å²) in [5.74, 6) is 2.45. The van der Waals surface area contributed by atoms with E-state index in [4.69, 9.17) is 13.9 Å². The smallest absolute Gasteiger partial charge is 0.141 e. The van der Waals surface area contributed by atoms with Crippen LogP contribution in [0, 0.1) is 0 Å². The highest BCUT2D eigenvalue weighted by Crippen LogP contribution is 2.34. The van der Waals surface area contributed by atoms with E-state index >= 15 is 0 Å². The summed E-state index contributed by atoms with van der Waals surface area (Å²) in [6.45, 7) is 0.516. The van der Waals surface area contributed by atoms with Gasteiger partial charge < -0.3 is 13.9 Å². The molecule has 0 aliphatic heterocycles. The number of halogens is 1. The van der Waals surface area contributed by atoms with E-state index in [0.717, 1.165) is 45.5 Å². The number of rotatable bonds is 6. The molecule has 0 saturated carbocycles. The van der Waals surface area contributed by atoms with E-state index in [1.54, 1.807) is 7.11 Å². The maximum atomic E-state index is 5.99. The molecule has 4 heteroatoms. The van der Waals surface area contributed by atoms with Crippen molar-refractivity contribution in [2.24, 2.45) is 0 Å². The van der Waals surface area contributed by atoms with Crippen molar-refractivity contribution in [1.82, 2.24) is 0 Å². The second-order valence-electron chi connectivity index (χ2n) is 4.96. The molecule has 0 fully saturated rings. The third kappa shape index (κ3) is 3.28. The van der Waals surface area contributed by atoms with Crippen LogP contribution in [0.15, 0.2) is 52.9 Å². The number of fused-ring (bicyclic) bond motifs is 1. The molecule has 3 rings (SSSR count). The first-order valence-corrected chi connectivity index (χ1v) is 8.25. The Morgan fingerprint density at radius 2 is 1.91 bits per heavy atom. The highest BCUT2D eigenvalue weighted by Gasteiger charge is 2.12. The lowest BCUT2D eigenvalue weighted by atomic mass is 10.2. The normalized spacial score (nSPS) is 10.8. The van der Waals surface area contributed by atoms with Crippen molar-refractivity contribution in [2.45, 2.75) is 13.0 Å². The molecule has 0 atom stereocenters. The summed E-state index contributed by atoms with van der Waals surface area (Å²) in [4.78, 5) is 0. The van der Waals surface area contributed by atoms with Crippen LogP contribution in [0.5, 0.6) is 11.5 Å². The fourth-order valence-electron chi connectivity index (χ4n) is 2.32. The number of furan rings is 1. The lowest BCUT2D eigenvalue weighted by Crippen LogP contribution is -1.96. The van der Waals surface area contributed by atoms with Crippen molar-refractivity contribution in [2.75, 3.05) is 12.4 Å². The summed E-state index contributed by atoms with van der Waals surface area (Å²) >= 11 is 3.44. The van der Waals surface area contributed by atoms with Gasteiger partial charge in [0.15, 0.2) is 0 Å². The first-order valence-electron chi connectivity index (χ1n) is 7.13. The van der Waals surface area contributed by atoms with Crippen molar-refractivity contribution in [3.05, 3.63) is 59.9 Å². The lowest BCUT2D eigenvalue weighted by Gasteiger charge is -2.09. The molecule has 0 unspecified atom stereocenters. The molecular formula is C18H17BrO3. The molecular weight excluding hydrogens is 344 g/mol. The highest BCUT2D eigenvalue weighted by atomic mass is 79.9. The van der Waals surface area contributed by atoms with Gasteiger partial charge in [0.25, 0.3) is 0 Å². The predicted molar refractivity (Wildman–Crippen MR) is 91.0 cm³/mol. The average molecular weight is 361 g/mol. The second kappa shape index (κ2) is 6.88. The third-order valence-corrected chi connectivity index (χ3v) is 3.83. The summed E-state index contributed by atoms with van der Waals surface area (Å²) in [5, 5.41) is 1.84. The number of aryl methyl sites for hydroxylation is 1. The molecule has 0 radical (unpaired) electrons. The van der Waals surface area contributed by atoms with E-state index in [-0.39, 0.29) is 0 Å². The quantitative estimate of drug-likeness (QED) is 0.582. The van der Waals surface area contributed by atoms with Gasteiger partial charge in [0.1, 0.15) is 29.4 Å². The van der Waals surface area contributed by atoms with Crippen molar-refractivity contribution < 1.29 is 13.9 Å². The second-order valence-corrected chi connectivity index (χ2v) is 5.76. The van der Waals surface area contributed by atoms with Gasteiger partial charge in [-0.05, 0) is 11.6 Å². The van der Waals surface area contributed by atoms with Gasteiger partial charge in [0.05, 0.1) is 12.5 Å². The maximum Gasteiger partial charge on any atom is 0.141 e. The van der Waals surface area contributed by atoms with E-state index in [9.17, 15) is 0 Å². The number of hydrogen-bond donors (Lipinski definition) is 0. The molecule has 0 amide bonds. The zero-order valence-corrected chi connectivity index (χ0v) is 13.9. The van der Waals surface area contributed by atoms with Gasteiger partial charge in [0.2, 0.25) is 0 Å². The minimum absolute atomic E-state index is 0.516. The Morgan fingerprint density at radius 3 is 2.64 bits per heavy atom. The molecule has 0 N–H and O–H groups in total. The third-order valence-electron chi connectivity index (χ3n) is 3.44. The van der Waals surface area contributed by atoms with Gasteiger partial charge >= 0.3 is 0 Å². The molecule has 0 aliphatic rings. The van der Waals surface area contributed by atoms with Gasteiger partial charge in [-0.3, -0.25) is 0 Å². The van der Waals surface area contributed by atoms with Crippen molar-refractivity contribution in [1.29, 1.82) is 0 Å². The van der Waals surface area contributed by atoms with Crippen LogP contribution in [0.3, 0.4) is 0 Å². The van der Waals surface area contributed by atoms with E-state index in [2.05, 4.69) is 15.9 Å². The van der Waals surface area contributed by atoms with E-state index in [0.29, 0.717) is 6.61 Å². The zero-order valence-electron chi connectivity index (χ0n) is 12.3. The van der Waals surface area contributed by atoms with Crippen molar-refractivity contribution in [3.8, 4) is 11.5 Å². The number of methoxy groups -OCH3 is 1. The summed E-state index contributed by atoms with van der Waals surface area (Å²) in [6.07, 6.45) is 0.842. The molecule has 0 aliphatic carbocycles. The van der Waals surface area contributed by atoms with Crippen LogP contribution in [-0.4, -0.2) is 12.4 Å². The molecule has 22 heavy (non-hydrogen) atoms. The molecule has 3 nitrogen and oxygen atoms in total. The fraction of sp³-hybridized carbons (Fsp3) is 0.222. The van der Waals surface area contributed by atoms with Crippen LogP contribution in [0.4, 0.5) is 0 Å². The summed E-state index contributed by atoms with van der Waals surface area (Å²) < 4.78 is 17.2. The van der Waals surface area contributed by atoms with Crippen LogP contribution in [-0.2, 0) is 13.0 Å². The molecule has 0 spiro atoms. The molecule has 0 bridgehead atoms. The Kier molecular flexibility index (Phi) is 4.68. The summed E-state index contributed by atoms with van der Waals surface area (Å²) in [5.41, 5.74) is 1.92. The summed E-state index contributed by atoms with van der Waals surface area (Å²) in [6, 6.07) is 15.9. The van der Waals surface area contributed by atoms with Crippen LogP contribution in [0.25, 0.3) is 11.0 Å². The first-order chi connectivity index (χ1) is 10.8. The Balaban J connectivity index is 1.92. The van der Waals surface area contributed by atoms with Crippen molar-refractivity contribution in [3.63, 3.8) is 0 Å². The molecule has 1 aromatic heterocycles. The van der Waals surface area contributed by atoms with Crippen LogP contribution < -0.4 is 9.47 Å². The van der Waals surface area contributed by atoms with Crippen LogP contribution in [0.1, 0.15) is 11.3 Å². The number of hydrogen-bond acceptors (Lipinski definition) is 3. The standard InChI is InChI=1S/C18H17BrO3/c1-20-15-10-17(21-12-13-5-3-2-4-6-13)16-9-14(7-8-19)22-18(16)11-15/h2-6,9-11H,7-8,12H2,1H3. The zero-order chi connectivity index (χ0) is 15.4. The summed E-state index contributed by atoms with van der Waals surface area (Å²) in [7, 11) is 1.64. The number of ether oxygens (including phenoxy) is 2. The van der Waals surface area contributed by atoms with Crippen molar-refractivity contribution >= 4 is 26.9 Å².